The Morgan fingerprint density at radius 2 is 2.14 bits per heavy atom. The number of nitrogens with one attached hydrogen (secondary N) is 1. The predicted molar refractivity (Wildman–Crippen MR) is 91.1 cm³/mol. The highest BCUT2D eigenvalue weighted by molar-refractivity contribution is 8.01. The summed E-state index contributed by atoms with van der Waals surface area (Å²) in [6.07, 6.45) is 0.520. The maximum absolute atomic E-state index is 11.8. The van der Waals surface area contributed by atoms with Crippen molar-refractivity contribution in [2.24, 2.45) is 0 Å². The maximum Gasteiger partial charge on any atom is 0.221 e. The van der Waals surface area contributed by atoms with E-state index in [1.54, 1.807) is 34.4 Å². The summed E-state index contributed by atoms with van der Waals surface area (Å²) in [6.45, 7) is 0.627. The number of fused-ring (bicyclic) bond motifs is 1. The molecule has 1 amide bonds. The molecule has 1 N–H and O–H groups in total. The summed E-state index contributed by atoms with van der Waals surface area (Å²) in [5.74, 6) is 0.854. The summed E-state index contributed by atoms with van der Waals surface area (Å²) in [5, 5.41) is 4.96. The first-order valence-corrected chi connectivity index (χ1v) is 9.27. The van der Waals surface area contributed by atoms with Gasteiger partial charge in [0.25, 0.3) is 0 Å². The number of benzene rings is 1. The lowest BCUT2D eigenvalue weighted by Crippen LogP contribution is -2.22. The van der Waals surface area contributed by atoms with Crippen molar-refractivity contribution >= 4 is 50.6 Å². The van der Waals surface area contributed by atoms with E-state index in [-0.39, 0.29) is 5.91 Å². The third kappa shape index (κ3) is 4.06. The van der Waals surface area contributed by atoms with Crippen molar-refractivity contribution in [1.82, 2.24) is 10.3 Å². The van der Waals surface area contributed by atoms with Crippen LogP contribution in [-0.4, -0.2) is 16.6 Å². The number of para-hydroxylation sites is 1. The number of carbonyl (C=O) groups excluding carboxylic acids is 1. The summed E-state index contributed by atoms with van der Waals surface area (Å²) in [6, 6.07) is 12.1. The average molecular weight is 334 g/mol. The van der Waals surface area contributed by atoms with E-state index >= 15 is 0 Å². The smallest absolute Gasteiger partial charge is 0.221 e. The van der Waals surface area contributed by atoms with Gasteiger partial charge in [-0.25, -0.2) is 4.98 Å². The summed E-state index contributed by atoms with van der Waals surface area (Å²) in [5.41, 5.74) is 1.03. The van der Waals surface area contributed by atoms with Crippen LogP contribution in [-0.2, 0) is 11.3 Å². The first-order valence-electron chi connectivity index (χ1n) is 6.59. The van der Waals surface area contributed by atoms with Gasteiger partial charge in [0.2, 0.25) is 5.91 Å². The van der Waals surface area contributed by atoms with E-state index in [1.165, 1.54) is 9.58 Å². The fourth-order valence-electron chi connectivity index (χ4n) is 1.83. The molecular weight excluding hydrogens is 320 g/mol. The van der Waals surface area contributed by atoms with E-state index in [1.807, 2.05) is 35.7 Å². The molecule has 2 aromatic heterocycles. The van der Waals surface area contributed by atoms with Gasteiger partial charge in [-0.1, -0.05) is 30.0 Å². The zero-order valence-corrected chi connectivity index (χ0v) is 13.7. The SMILES string of the molecule is O=C(CCSc1nc2ccccc2s1)NCc1cccs1. The second-order valence-corrected chi connectivity index (χ2v) is 7.81. The first kappa shape index (κ1) is 14.6. The third-order valence-corrected chi connectivity index (χ3v) is 5.93. The summed E-state index contributed by atoms with van der Waals surface area (Å²) >= 11 is 4.99. The second kappa shape index (κ2) is 7.06. The molecule has 3 nitrogen and oxygen atoms in total. The Morgan fingerprint density at radius 3 is 2.95 bits per heavy atom. The molecule has 1 aromatic carbocycles. The molecule has 0 atom stereocenters. The van der Waals surface area contributed by atoms with Crippen molar-refractivity contribution in [1.29, 1.82) is 0 Å². The van der Waals surface area contributed by atoms with Gasteiger partial charge >= 0.3 is 0 Å². The monoisotopic (exact) mass is 334 g/mol. The molecule has 2 heterocycles. The van der Waals surface area contributed by atoms with Crippen LogP contribution >= 0.6 is 34.4 Å². The van der Waals surface area contributed by atoms with E-state index in [0.717, 1.165) is 15.6 Å². The number of thiophene rings is 1. The first-order chi connectivity index (χ1) is 10.3. The second-order valence-electron chi connectivity index (χ2n) is 4.40. The highest BCUT2D eigenvalue weighted by Gasteiger charge is 2.06. The largest absolute Gasteiger partial charge is 0.351 e. The minimum absolute atomic E-state index is 0.0945. The van der Waals surface area contributed by atoms with Crippen LogP contribution in [0.25, 0.3) is 10.2 Å². The Balaban J connectivity index is 1.44. The molecular formula is C15H14N2OS3. The molecule has 0 spiro atoms. The number of hydrogen-bond donors (Lipinski definition) is 1. The Hall–Kier alpha value is -1.37. The van der Waals surface area contributed by atoms with Crippen LogP contribution in [0, 0.1) is 0 Å². The topological polar surface area (TPSA) is 42.0 Å². The molecule has 0 saturated carbocycles. The molecule has 21 heavy (non-hydrogen) atoms. The average Bonchev–Trinajstić information content (AvgIpc) is 3.14. The standard InChI is InChI=1S/C15H14N2OS3/c18-14(16-10-11-4-3-8-19-11)7-9-20-15-17-12-5-1-2-6-13(12)21-15/h1-6,8H,7,9-10H2,(H,16,18). The van der Waals surface area contributed by atoms with E-state index < -0.39 is 0 Å². The molecule has 0 unspecified atom stereocenters. The molecule has 3 aromatic rings. The van der Waals surface area contributed by atoms with Gasteiger partial charge < -0.3 is 5.32 Å². The molecule has 108 valence electrons. The van der Waals surface area contributed by atoms with Crippen LogP contribution in [0.15, 0.2) is 46.1 Å². The zero-order valence-electron chi connectivity index (χ0n) is 11.2. The van der Waals surface area contributed by atoms with Crippen molar-refractivity contribution in [2.75, 3.05) is 5.75 Å². The van der Waals surface area contributed by atoms with Gasteiger partial charge in [-0.2, -0.15) is 0 Å². The number of carbonyl (C=O) groups is 1. The third-order valence-electron chi connectivity index (χ3n) is 2.87. The molecule has 0 fully saturated rings. The van der Waals surface area contributed by atoms with Gasteiger partial charge in [-0.3, -0.25) is 4.79 Å². The summed E-state index contributed by atoms with van der Waals surface area (Å²) < 4.78 is 2.23. The number of nitrogens with zero attached hydrogens (tertiary/aromatic N) is 1. The number of thiazole rings is 1. The number of aromatic nitrogens is 1. The number of hydrogen-bond acceptors (Lipinski definition) is 5. The molecule has 0 aliphatic heterocycles. The van der Waals surface area contributed by atoms with Crippen molar-refractivity contribution < 1.29 is 4.79 Å². The molecule has 3 rings (SSSR count). The predicted octanol–water partition coefficient (Wildman–Crippen LogP) is 4.16. The quantitative estimate of drug-likeness (QED) is 0.688. The fourth-order valence-corrected chi connectivity index (χ4v) is 4.55. The minimum Gasteiger partial charge on any atom is -0.351 e. The van der Waals surface area contributed by atoms with Crippen molar-refractivity contribution in [3.8, 4) is 0 Å². The van der Waals surface area contributed by atoms with E-state index in [9.17, 15) is 4.79 Å². The summed E-state index contributed by atoms with van der Waals surface area (Å²) in [7, 11) is 0. The number of thioether (sulfide) groups is 1. The number of rotatable bonds is 6. The Morgan fingerprint density at radius 1 is 1.24 bits per heavy atom. The molecule has 6 heteroatoms. The van der Waals surface area contributed by atoms with Crippen molar-refractivity contribution in [3.05, 3.63) is 46.7 Å². The van der Waals surface area contributed by atoms with Gasteiger partial charge in [-0.15, -0.1) is 22.7 Å². The molecule has 0 bridgehead atoms. The van der Waals surface area contributed by atoms with E-state index in [4.69, 9.17) is 0 Å². The van der Waals surface area contributed by atoms with Crippen LogP contribution < -0.4 is 5.32 Å². The minimum atomic E-state index is 0.0945. The van der Waals surface area contributed by atoms with Gasteiger partial charge in [0.15, 0.2) is 4.34 Å². The Kier molecular flexibility index (Phi) is 4.90. The van der Waals surface area contributed by atoms with Crippen LogP contribution in [0.4, 0.5) is 0 Å². The fraction of sp³-hybridized carbons (Fsp3) is 0.200. The lowest BCUT2D eigenvalue weighted by atomic mass is 10.3. The molecule has 0 aliphatic rings. The van der Waals surface area contributed by atoms with Gasteiger partial charge in [0.05, 0.1) is 16.8 Å². The van der Waals surface area contributed by atoms with Crippen LogP contribution in [0.3, 0.4) is 0 Å². The Labute approximate surface area is 135 Å². The van der Waals surface area contributed by atoms with Gasteiger partial charge in [0.1, 0.15) is 0 Å². The highest BCUT2D eigenvalue weighted by atomic mass is 32.2. The van der Waals surface area contributed by atoms with E-state index in [0.29, 0.717) is 13.0 Å². The van der Waals surface area contributed by atoms with Crippen LogP contribution in [0.2, 0.25) is 0 Å². The number of amides is 1. The molecule has 0 radical (unpaired) electrons. The van der Waals surface area contributed by atoms with Crippen molar-refractivity contribution in [2.45, 2.75) is 17.3 Å². The van der Waals surface area contributed by atoms with Crippen molar-refractivity contribution in [3.63, 3.8) is 0 Å². The molecule has 0 aliphatic carbocycles. The maximum atomic E-state index is 11.8. The zero-order chi connectivity index (χ0) is 14.5. The van der Waals surface area contributed by atoms with Crippen LogP contribution in [0.1, 0.15) is 11.3 Å². The normalized spacial score (nSPS) is 10.9. The highest BCUT2D eigenvalue weighted by Crippen LogP contribution is 2.29. The van der Waals surface area contributed by atoms with Gasteiger partial charge in [0, 0.05) is 17.1 Å². The van der Waals surface area contributed by atoms with Gasteiger partial charge in [-0.05, 0) is 23.6 Å². The summed E-state index contributed by atoms with van der Waals surface area (Å²) in [4.78, 5) is 17.5. The lowest BCUT2D eigenvalue weighted by Gasteiger charge is -2.02. The van der Waals surface area contributed by atoms with E-state index in [2.05, 4.69) is 16.4 Å². The lowest BCUT2D eigenvalue weighted by molar-refractivity contribution is -0.120. The Bertz CT molecular complexity index is 688. The molecule has 0 saturated heterocycles. The van der Waals surface area contributed by atoms with Crippen LogP contribution in [0.5, 0.6) is 0 Å².